The van der Waals surface area contributed by atoms with Crippen LogP contribution in [0.2, 0.25) is 0 Å². The van der Waals surface area contributed by atoms with Gasteiger partial charge in [-0.3, -0.25) is 4.79 Å². The predicted octanol–water partition coefficient (Wildman–Crippen LogP) is 4.97. The van der Waals surface area contributed by atoms with E-state index in [1.807, 2.05) is 68.4 Å². The standard InChI is InChI=1S/C20H18O2/c1-14(2)12-13-17-19(21)16-10-6-7-11-18(16)22-20(17)15-8-4-3-5-9-15/h3-12H,13H2,1-2H3. The van der Waals surface area contributed by atoms with Crippen molar-refractivity contribution >= 4 is 11.0 Å². The van der Waals surface area contributed by atoms with E-state index in [1.165, 1.54) is 5.57 Å². The molecular formula is C20H18O2. The van der Waals surface area contributed by atoms with Crippen LogP contribution >= 0.6 is 0 Å². The Morgan fingerprint density at radius 2 is 1.68 bits per heavy atom. The van der Waals surface area contributed by atoms with Crippen LogP contribution in [0.4, 0.5) is 0 Å². The zero-order chi connectivity index (χ0) is 15.5. The van der Waals surface area contributed by atoms with Crippen molar-refractivity contribution in [3.63, 3.8) is 0 Å². The van der Waals surface area contributed by atoms with Crippen LogP contribution in [0.3, 0.4) is 0 Å². The molecule has 0 amide bonds. The van der Waals surface area contributed by atoms with Crippen LogP contribution in [-0.2, 0) is 6.42 Å². The van der Waals surface area contributed by atoms with Crippen molar-refractivity contribution in [1.29, 1.82) is 0 Å². The lowest BCUT2D eigenvalue weighted by Crippen LogP contribution is -2.10. The van der Waals surface area contributed by atoms with Gasteiger partial charge < -0.3 is 4.42 Å². The molecule has 2 heteroatoms. The molecule has 0 aliphatic heterocycles. The van der Waals surface area contributed by atoms with Crippen LogP contribution in [0.25, 0.3) is 22.3 Å². The fourth-order valence-corrected chi connectivity index (χ4v) is 2.49. The molecule has 1 aromatic heterocycles. The molecule has 0 bridgehead atoms. The minimum absolute atomic E-state index is 0.0539. The van der Waals surface area contributed by atoms with Crippen LogP contribution in [0.5, 0.6) is 0 Å². The van der Waals surface area contributed by atoms with Crippen LogP contribution in [0.15, 0.2) is 75.5 Å². The molecular weight excluding hydrogens is 272 g/mol. The van der Waals surface area contributed by atoms with Crippen molar-refractivity contribution in [3.8, 4) is 11.3 Å². The maximum Gasteiger partial charge on any atom is 0.196 e. The molecule has 1 heterocycles. The predicted molar refractivity (Wildman–Crippen MR) is 91.1 cm³/mol. The first-order valence-corrected chi connectivity index (χ1v) is 7.40. The van der Waals surface area contributed by atoms with Gasteiger partial charge >= 0.3 is 0 Å². The van der Waals surface area contributed by atoms with Gasteiger partial charge in [-0.15, -0.1) is 0 Å². The summed E-state index contributed by atoms with van der Waals surface area (Å²) in [6, 6.07) is 17.2. The number of hydrogen-bond donors (Lipinski definition) is 0. The summed E-state index contributed by atoms with van der Waals surface area (Å²) in [5.74, 6) is 0.668. The Morgan fingerprint density at radius 3 is 2.41 bits per heavy atom. The first-order chi connectivity index (χ1) is 10.7. The Labute approximate surface area is 129 Å². The Morgan fingerprint density at radius 1 is 1.00 bits per heavy atom. The topological polar surface area (TPSA) is 30.2 Å². The van der Waals surface area contributed by atoms with E-state index in [4.69, 9.17) is 4.42 Å². The van der Waals surface area contributed by atoms with Gasteiger partial charge in [0.05, 0.1) is 5.39 Å². The number of hydrogen-bond acceptors (Lipinski definition) is 2. The van der Waals surface area contributed by atoms with E-state index in [9.17, 15) is 4.79 Å². The van der Waals surface area contributed by atoms with Gasteiger partial charge in [-0.05, 0) is 32.4 Å². The average molecular weight is 290 g/mol. The number of fused-ring (bicyclic) bond motifs is 1. The average Bonchev–Trinajstić information content (AvgIpc) is 2.54. The lowest BCUT2D eigenvalue weighted by atomic mass is 10.0. The quantitative estimate of drug-likeness (QED) is 0.638. The molecule has 0 unspecified atom stereocenters. The van der Waals surface area contributed by atoms with E-state index in [0.717, 1.165) is 5.56 Å². The van der Waals surface area contributed by atoms with Crippen molar-refractivity contribution in [2.75, 3.05) is 0 Å². The molecule has 2 nitrogen and oxygen atoms in total. The molecule has 3 rings (SSSR count). The highest BCUT2D eigenvalue weighted by atomic mass is 16.3. The van der Waals surface area contributed by atoms with Gasteiger partial charge in [-0.2, -0.15) is 0 Å². The molecule has 0 saturated heterocycles. The summed E-state index contributed by atoms with van der Waals surface area (Å²) in [4.78, 5) is 12.8. The summed E-state index contributed by atoms with van der Waals surface area (Å²) in [6.07, 6.45) is 2.65. The first-order valence-electron chi connectivity index (χ1n) is 7.40. The summed E-state index contributed by atoms with van der Waals surface area (Å²) in [5, 5.41) is 0.638. The minimum Gasteiger partial charge on any atom is -0.456 e. The summed E-state index contributed by atoms with van der Waals surface area (Å²) in [5.41, 5.74) is 3.52. The molecule has 0 saturated carbocycles. The molecule has 0 radical (unpaired) electrons. The van der Waals surface area contributed by atoms with E-state index in [2.05, 4.69) is 6.08 Å². The maximum absolute atomic E-state index is 12.8. The lowest BCUT2D eigenvalue weighted by molar-refractivity contribution is 0.612. The summed E-state index contributed by atoms with van der Waals surface area (Å²) in [7, 11) is 0. The fourth-order valence-electron chi connectivity index (χ4n) is 2.49. The molecule has 0 atom stereocenters. The van der Waals surface area contributed by atoms with E-state index >= 15 is 0 Å². The summed E-state index contributed by atoms with van der Waals surface area (Å²) in [6.45, 7) is 4.07. The third-order valence-corrected chi connectivity index (χ3v) is 3.64. The van der Waals surface area contributed by atoms with Gasteiger partial charge in [0.25, 0.3) is 0 Å². The third kappa shape index (κ3) is 2.73. The maximum atomic E-state index is 12.8. The van der Waals surface area contributed by atoms with Crippen LogP contribution < -0.4 is 5.43 Å². The number of rotatable bonds is 3. The van der Waals surface area contributed by atoms with Gasteiger partial charge in [0.15, 0.2) is 5.43 Å². The van der Waals surface area contributed by atoms with Gasteiger partial charge in [-0.1, -0.05) is 54.1 Å². The molecule has 0 spiro atoms. The van der Waals surface area contributed by atoms with Crippen molar-refractivity contribution in [3.05, 3.63) is 82.0 Å². The molecule has 0 aliphatic rings. The van der Waals surface area contributed by atoms with E-state index in [1.54, 1.807) is 0 Å². The molecule has 0 fully saturated rings. The smallest absolute Gasteiger partial charge is 0.196 e. The van der Waals surface area contributed by atoms with Crippen LogP contribution in [0.1, 0.15) is 19.4 Å². The zero-order valence-electron chi connectivity index (χ0n) is 12.8. The van der Waals surface area contributed by atoms with Gasteiger partial charge in [0.2, 0.25) is 0 Å². The van der Waals surface area contributed by atoms with Gasteiger partial charge in [0.1, 0.15) is 11.3 Å². The second kappa shape index (κ2) is 6.02. The highest BCUT2D eigenvalue weighted by Gasteiger charge is 2.14. The van der Waals surface area contributed by atoms with Gasteiger partial charge in [0, 0.05) is 11.1 Å². The fraction of sp³-hybridized carbons (Fsp3) is 0.150. The molecule has 0 aliphatic carbocycles. The molecule has 110 valence electrons. The van der Waals surface area contributed by atoms with E-state index in [0.29, 0.717) is 28.7 Å². The second-order valence-corrected chi connectivity index (χ2v) is 5.59. The molecule has 0 N–H and O–H groups in total. The Bertz CT molecular complexity index is 882. The molecule has 3 aromatic rings. The number of allylic oxidation sites excluding steroid dienone is 2. The Balaban J connectivity index is 2.31. The summed E-state index contributed by atoms with van der Waals surface area (Å²) >= 11 is 0. The highest BCUT2D eigenvalue weighted by molar-refractivity contribution is 5.80. The van der Waals surface area contributed by atoms with Crippen molar-refractivity contribution in [2.45, 2.75) is 20.3 Å². The second-order valence-electron chi connectivity index (χ2n) is 5.59. The highest BCUT2D eigenvalue weighted by Crippen LogP contribution is 2.26. The van der Waals surface area contributed by atoms with Crippen LogP contribution in [-0.4, -0.2) is 0 Å². The largest absolute Gasteiger partial charge is 0.456 e. The number of para-hydroxylation sites is 1. The van der Waals surface area contributed by atoms with E-state index < -0.39 is 0 Å². The Kier molecular flexibility index (Phi) is 3.92. The molecule has 22 heavy (non-hydrogen) atoms. The van der Waals surface area contributed by atoms with Gasteiger partial charge in [-0.25, -0.2) is 0 Å². The molecule has 2 aromatic carbocycles. The van der Waals surface area contributed by atoms with Crippen molar-refractivity contribution in [2.24, 2.45) is 0 Å². The van der Waals surface area contributed by atoms with Crippen LogP contribution in [0, 0.1) is 0 Å². The minimum atomic E-state index is 0.0539. The van der Waals surface area contributed by atoms with E-state index in [-0.39, 0.29) is 5.43 Å². The van der Waals surface area contributed by atoms with Crippen molar-refractivity contribution < 1.29 is 4.42 Å². The Hall–Kier alpha value is -2.61. The summed E-state index contributed by atoms with van der Waals surface area (Å²) < 4.78 is 6.06. The third-order valence-electron chi connectivity index (χ3n) is 3.64. The van der Waals surface area contributed by atoms with Crippen molar-refractivity contribution in [1.82, 2.24) is 0 Å². The monoisotopic (exact) mass is 290 g/mol. The SMILES string of the molecule is CC(C)=CCc1c(-c2ccccc2)oc2ccccc2c1=O. The normalized spacial score (nSPS) is 10.6. The first kappa shape index (κ1) is 14.3. The lowest BCUT2D eigenvalue weighted by Gasteiger charge is -2.09. The zero-order valence-corrected chi connectivity index (χ0v) is 12.8. The number of benzene rings is 2.